The zero-order chi connectivity index (χ0) is 13.6. The van der Waals surface area contributed by atoms with Crippen molar-refractivity contribution < 1.29 is 19.4 Å². The van der Waals surface area contributed by atoms with Crippen LogP contribution in [0.1, 0.15) is 34.1 Å². The number of hydrogen-bond acceptors (Lipinski definition) is 3. The first-order valence-electron chi connectivity index (χ1n) is 6.52. The lowest BCUT2D eigenvalue weighted by molar-refractivity contribution is -0.144. The molecule has 4 nitrogen and oxygen atoms in total. The fourth-order valence-corrected chi connectivity index (χ4v) is 3.41. The van der Waals surface area contributed by atoms with Crippen LogP contribution in [0.3, 0.4) is 0 Å². The van der Waals surface area contributed by atoms with Gasteiger partial charge in [-0.15, -0.1) is 0 Å². The Morgan fingerprint density at radius 1 is 1.17 bits per heavy atom. The minimum absolute atomic E-state index is 0.0113. The number of carboxylic acids is 1. The van der Waals surface area contributed by atoms with Crippen LogP contribution in [0.25, 0.3) is 0 Å². The predicted molar refractivity (Wildman–Crippen MR) is 65.8 cm³/mol. The first kappa shape index (κ1) is 13.1. The van der Waals surface area contributed by atoms with Crippen molar-refractivity contribution in [3.05, 3.63) is 11.1 Å². The van der Waals surface area contributed by atoms with Crippen LogP contribution in [0.15, 0.2) is 11.1 Å². The Labute approximate surface area is 107 Å². The molecular weight excluding hydrogens is 232 g/mol. The summed E-state index contributed by atoms with van der Waals surface area (Å²) in [7, 11) is 0. The molecule has 4 unspecified atom stereocenters. The number of ether oxygens (including phenoxy) is 1. The molecule has 0 aromatic rings. The molecule has 1 fully saturated rings. The highest BCUT2D eigenvalue weighted by Crippen LogP contribution is 2.55. The van der Waals surface area contributed by atoms with Gasteiger partial charge in [-0.05, 0) is 43.9 Å². The molecule has 0 amide bonds. The Morgan fingerprint density at radius 2 is 1.67 bits per heavy atom. The molecule has 100 valence electrons. The maximum absolute atomic E-state index is 12.1. The van der Waals surface area contributed by atoms with E-state index >= 15 is 0 Å². The lowest BCUT2D eigenvalue weighted by Crippen LogP contribution is -2.29. The predicted octanol–water partition coefficient (Wildman–Crippen LogP) is 2.24. The number of carbonyl (C=O) groups excluding carboxylic acids is 1. The number of aliphatic carboxylic acids is 1. The molecule has 0 saturated heterocycles. The van der Waals surface area contributed by atoms with Gasteiger partial charge in [0.1, 0.15) is 0 Å². The molecule has 1 saturated carbocycles. The van der Waals surface area contributed by atoms with E-state index in [-0.39, 0.29) is 17.9 Å². The smallest absolute Gasteiger partial charge is 0.335 e. The van der Waals surface area contributed by atoms with Crippen molar-refractivity contribution in [2.45, 2.75) is 40.2 Å². The molecule has 4 heteroatoms. The van der Waals surface area contributed by atoms with Crippen LogP contribution in [-0.2, 0) is 14.3 Å². The molecule has 2 aliphatic carbocycles. The van der Waals surface area contributed by atoms with Crippen LogP contribution >= 0.6 is 0 Å². The average molecular weight is 252 g/mol. The SMILES string of the molecule is CC(C)OC(=O)C1=C(C(=O)O)C2CC1C(C)C2C. The number of fused-ring (bicyclic) bond motifs is 2. The van der Waals surface area contributed by atoms with E-state index in [4.69, 9.17) is 4.74 Å². The average Bonchev–Trinajstić information content (AvgIpc) is 2.76. The highest BCUT2D eigenvalue weighted by atomic mass is 16.5. The fraction of sp³-hybridized carbons (Fsp3) is 0.714. The van der Waals surface area contributed by atoms with Gasteiger partial charge in [0.25, 0.3) is 0 Å². The third kappa shape index (κ3) is 1.84. The summed E-state index contributed by atoms with van der Waals surface area (Å²) in [6.07, 6.45) is 0.568. The first-order valence-corrected chi connectivity index (χ1v) is 6.52. The topological polar surface area (TPSA) is 63.6 Å². The second kappa shape index (κ2) is 4.41. The Kier molecular flexibility index (Phi) is 3.21. The number of esters is 1. The Bertz CT molecular complexity index is 422. The molecule has 2 bridgehead atoms. The Morgan fingerprint density at radius 3 is 2.11 bits per heavy atom. The Hall–Kier alpha value is -1.32. The van der Waals surface area contributed by atoms with Gasteiger partial charge in [-0.3, -0.25) is 0 Å². The summed E-state index contributed by atoms with van der Waals surface area (Å²) in [5, 5.41) is 9.33. The van der Waals surface area contributed by atoms with Crippen LogP contribution in [0.5, 0.6) is 0 Å². The van der Waals surface area contributed by atoms with E-state index in [1.165, 1.54) is 0 Å². The van der Waals surface area contributed by atoms with E-state index in [9.17, 15) is 14.7 Å². The highest BCUT2D eigenvalue weighted by molar-refractivity contribution is 6.02. The summed E-state index contributed by atoms with van der Waals surface area (Å²) < 4.78 is 5.19. The van der Waals surface area contributed by atoms with Crippen molar-refractivity contribution in [2.24, 2.45) is 23.7 Å². The van der Waals surface area contributed by atoms with E-state index in [1.807, 2.05) is 0 Å². The van der Waals surface area contributed by atoms with Gasteiger partial charge in [-0.25, -0.2) is 9.59 Å². The van der Waals surface area contributed by atoms with Crippen LogP contribution in [0, 0.1) is 23.7 Å². The summed E-state index contributed by atoms with van der Waals surface area (Å²) in [5.74, 6) is -0.644. The highest BCUT2D eigenvalue weighted by Gasteiger charge is 2.52. The number of carbonyl (C=O) groups is 2. The lowest BCUT2D eigenvalue weighted by atomic mass is 9.77. The van der Waals surface area contributed by atoms with Gasteiger partial charge in [0, 0.05) is 0 Å². The monoisotopic (exact) mass is 252 g/mol. The molecule has 0 aliphatic heterocycles. The van der Waals surface area contributed by atoms with Crippen molar-refractivity contribution in [3.8, 4) is 0 Å². The summed E-state index contributed by atoms with van der Waals surface area (Å²) in [6.45, 7) is 7.72. The van der Waals surface area contributed by atoms with E-state index in [1.54, 1.807) is 13.8 Å². The Balaban J connectivity index is 2.38. The molecule has 1 N–H and O–H groups in total. The summed E-state index contributed by atoms with van der Waals surface area (Å²) in [5.41, 5.74) is 0.725. The van der Waals surface area contributed by atoms with Crippen LogP contribution < -0.4 is 0 Å². The van der Waals surface area contributed by atoms with Gasteiger partial charge in [-0.1, -0.05) is 13.8 Å². The van der Waals surface area contributed by atoms with Crippen LogP contribution in [-0.4, -0.2) is 23.1 Å². The largest absolute Gasteiger partial charge is 0.478 e. The van der Waals surface area contributed by atoms with E-state index in [0.29, 0.717) is 23.0 Å². The summed E-state index contributed by atoms with van der Waals surface area (Å²) in [4.78, 5) is 23.4. The lowest BCUT2D eigenvalue weighted by Gasteiger charge is -2.27. The van der Waals surface area contributed by atoms with Crippen molar-refractivity contribution in [1.82, 2.24) is 0 Å². The molecule has 4 atom stereocenters. The molecule has 18 heavy (non-hydrogen) atoms. The molecule has 2 rings (SSSR count). The second-order valence-electron chi connectivity index (χ2n) is 5.75. The standard InChI is InChI=1S/C14H20O4/c1-6(2)18-14(17)12-10-5-9(7(3)8(10)4)11(12)13(15)16/h6-10H,5H2,1-4H3,(H,15,16). The second-order valence-corrected chi connectivity index (χ2v) is 5.75. The number of carboxylic acid groups (broad SMARTS) is 1. The molecule has 0 heterocycles. The van der Waals surface area contributed by atoms with Crippen LogP contribution in [0.2, 0.25) is 0 Å². The minimum atomic E-state index is -0.961. The quantitative estimate of drug-likeness (QED) is 0.782. The zero-order valence-corrected chi connectivity index (χ0v) is 11.3. The molecule has 2 aliphatic rings. The van der Waals surface area contributed by atoms with E-state index in [0.717, 1.165) is 6.42 Å². The van der Waals surface area contributed by atoms with E-state index in [2.05, 4.69) is 13.8 Å². The third-order valence-corrected chi connectivity index (χ3v) is 4.43. The van der Waals surface area contributed by atoms with Crippen molar-refractivity contribution in [2.75, 3.05) is 0 Å². The van der Waals surface area contributed by atoms with Gasteiger partial charge in [0.2, 0.25) is 0 Å². The third-order valence-electron chi connectivity index (χ3n) is 4.43. The van der Waals surface area contributed by atoms with Gasteiger partial charge < -0.3 is 9.84 Å². The molecule has 0 spiro atoms. The van der Waals surface area contributed by atoms with Crippen molar-refractivity contribution in [1.29, 1.82) is 0 Å². The maximum Gasteiger partial charge on any atom is 0.335 e. The first-order chi connectivity index (χ1) is 8.34. The summed E-state index contributed by atoms with van der Waals surface area (Å²) >= 11 is 0. The molecular formula is C14H20O4. The molecule has 0 aromatic carbocycles. The molecule has 0 radical (unpaired) electrons. The van der Waals surface area contributed by atoms with Gasteiger partial charge in [-0.2, -0.15) is 0 Å². The zero-order valence-electron chi connectivity index (χ0n) is 11.3. The fourth-order valence-electron chi connectivity index (χ4n) is 3.41. The van der Waals surface area contributed by atoms with E-state index < -0.39 is 11.9 Å². The number of hydrogen-bond donors (Lipinski definition) is 1. The minimum Gasteiger partial charge on any atom is -0.478 e. The van der Waals surface area contributed by atoms with Crippen molar-refractivity contribution >= 4 is 11.9 Å². The van der Waals surface area contributed by atoms with Gasteiger partial charge >= 0.3 is 11.9 Å². The van der Waals surface area contributed by atoms with Crippen molar-refractivity contribution in [3.63, 3.8) is 0 Å². The van der Waals surface area contributed by atoms with Gasteiger partial charge in [0.05, 0.1) is 17.3 Å². The maximum atomic E-state index is 12.1. The van der Waals surface area contributed by atoms with Gasteiger partial charge in [0.15, 0.2) is 0 Å². The normalized spacial score (nSPS) is 34.3. The number of rotatable bonds is 3. The molecule has 0 aromatic heterocycles. The van der Waals surface area contributed by atoms with Crippen LogP contribution in [0.4, 0.5) is 0 Å². The summed E-state index contributed by atoms with van der Waals surface area (Å²) in [6, 6.07) is 0.